The first kappa shape index (κ1) is 19.6. The van der Waals surface area contributed by atoms with E-state index in [4.69, 9.17) is 4.74 Å². The first-order valence-corrected chi connectivity index (χ1v) is 9.39. The van der Waals surface area contributed by atoms with E-state index in [0.29, 0.717) is 25.2 Å². The summed E-state index contributed by atoms with van der Waals surface area (Å²) in [6.07, 6.45) is 6.26. The lowest BCUT2D eigenvalue weighted by molar-refractivity contribution is 0.336. The molecule has 3 aromatic rings. The van der Waals surface area contributed by atoms with Gasteiger partial charge in [0.05, 0.1) is 22.8 Å². The van der Waals surface area contributed by atoms with Crippen LogP contribution in [0.15, 0.2) is 61.4 Å². The summed E-state index contributed by atoms with van der Waals surface area (Å²) in [5.41, 5.74) is 4.58. The van der Waals surface area contributed by atoms with Gasteiger partial charge in [-0.1, -0.05) is 36.6 Å². The highest BCUT2D eigenvalue weighted by molar-refractivity contribution is 5.81. The highest BCUT2D eigenvalue weighted by Crippen LogP contribution is 2.28. The zero-order valence-electron chi connectivity index (χ0n) is 16.0. The van der Waals surface area contributed by atoms with E-state index in [9.17, 15) is 4.39 Å². The van der Waals surface area contributed by atoms with Gasteiger partial charge in [-0.2, -0.15) is 0 Å². The highest BCUT2D eigenvalue weighted by atomic mass is 19.1. The van der Waals surface area contributed by atoms with E-state index in [1.54, 1.807) is 25.4 Å². The molecule has 0 aliphatic carbocycles. The summed E-state index contributed by atoms with van der Waals surface area (Å²) in [4.78, 5) is 8.68. The quantitative estimate of drug-likeness (QED) is 0.300. The van der Waals surface area contributed by atoms with E-state index in [1.807, 2.05) is 36.4 Å². The van der Waals surface area contributed by atoms with Gasteiger partial charge >= 0.3 is 0 Å². The summed E-state index contributed by atoms with van der Waals surface area (Å²) >= 11 is 0. The van der Waals surface area contributed by atoms with Gasteiger partial charge in [0.25, 0.3) is 0 Å². The molecule has 0 N–H and O–H groups in total. The van der Waals surface area contributed by atoms with E-state index in [1.165, 1.54) is 0 Å². The van der Waals surface area contributed by atoms with Crippen LogP contribution in [0.4, 0.5) is 4.39 Å². The zero-order chi connectivity index (χ0) is 19.8. The largest absolute Gasteiger partial charge is 0.488 e. The van der Waals surface area contributed by atoms with Gasteiger partial charge in [0.15, 0.2) is 0 Å². The molecule has 142 valence electrons. The standard InChI is InChI=1S/C24H23FN2O/c1-3-15-28-24-17-21(10-9-19(24)8-6-4-5-7-18(2)25)20-11-12-22-23(16-20)27-14-13-26-22/h3,9-14,16-18H,1,4-5,7,15H2,2H3. The van der Waals surface area contributed by atoms with Crippen LogP contribution in [-0.2, 0) is 0 Å². The molecule has 4 heteroatoms. The number of ether oxygens (including phenoxy) is 1. The Morgan fingerprint density at radius 1 is 1.11 bits per heavy atom. The molecule has 0 aliphatic heterocycles. The molecule has 0 radical (unpaired) electrons. The van der Waals surface area contributed by atoms with Crippen molar-refractivity contribution >= 4 is 11.0 Å². The summed E-state index contributed by atoms with van der Waals surface area (Å²) in [7, 11) is 0. The van der Waals surface area contributed by atoms with Crippen molar-refractivity contribution in [3.63, 3.8) is 0 Å². The van der Waals surface area contributed by atoms with Crippen molar-refractivity contribution in [1.82, 2.24) is 9.97 Å². The van der Waals surface area contributed by atoms with Crippen LogP contribution in [0, 0.1) is 11.8 Å². The summed E-state index contributed by atoms with van der Waals surface area (Å²) < 4.78 is 18.7. The Kier molecular flexibility index (Phi) is 6.75. The lowest BCUT2D eigenvalue weighted by Crippen LogP contribution is -1.96. The molecular weight excluding hydrogens is 351 g/mol. The Balaban J connectivity index is 1.86. The van der Waals surface area contributed by atoms with Gasteiger partial charge in [-0.15, -0.1) is 0 Å². The number of halogens is 1. The Morgan fingerprint density at radius 3 is 2.64 bits per heavy atom. The maximum Gasteiger partial charge on any atom is 0.136 e. The fraction of sp³-hybridized carbons (Fsp3) is 0.250. The van der Waals surface area contributed by atoms with Crippen molar-refractivity contribution in [3.8, 4) is 28.7 Å². The Bertz CT molecular complexity index is 1020. The molecule has 2 aromatic carbocycles. The molecule has 1 aromatic heterocycles. The number of alkyl halides is 1. The molecule has 3 rings (SSSR count). The van der Waals surface area contributed by atoms with Gasteiger partial charge < -0.3 is 4.74 Å². The fourth-order valence-electron chi connectivity index (χ4n) is 2.85. The first-order valence-electron chi connectivity index (χ1n) is 9.39. The summed E-state index contributed by atoms with van der Waals surface area (Å²) in [6, 6.07) is 12.0. The van der Waals surface area contributed by atoms with Crippen molar-refractivity contribution in [2.45, 2.75) is 32.4 Å². The van der Waals surface area contributed by atoms with Gasteiger partial charge in [-0.25, -0.2) is 4.39 Å². The molecule has 0 fully saturated rings. The fourth-order valence-corrected chi connectivity index (χ4v) is 2.85. The van der Waals surface area contributed by atoms with E-state index < -0.39 is 6.17 Å². The number of rotatable bonds is 7. The molecule has 1 heterocycles. The second kappa shape index (κ2) is 9.66. The molecule has 0 bridgehead atoms. The minimum Gasteiger partial charge on any atom is -0.488 e. The van der Waals surface area contributed by atoms with Gasteiger partial charge in [0.1, 0.15) is 12.4 Å². The molecule has 0 aliphatic rings. The number of unbranched alkanes of at least 4 members (excludes halogenated alkanes) is 1. The molecule has 0 saturated heterocycles. The van der Waals surface area contributed by atoms with Gasteiger partial charge in [0.2, 0.25) is 0 Å². The van der Waals surface area contributed by atoms with E-state index in [-0.39, 0.29) is 0 Å². The average Bonchev–Trinajstić information content (AvgIpc) is 2.72. The number of fused-ring (bicyclic) bond motifs is 1. The van der Waals surface area contributed by atoms with Gasteiger partial charge in [-0.3, -0.25) is 9.97 Å². The van der Waals surface area contributed by atoms with Crippen LogP contribution in [0.2, 0.25) is 0 Å². The third-order valence-electron chi connectivity index (χ3n) is 4.27. The van der Waals surface area contributed by atoms with Crippen LogP contribution in [0.1, 0.15) is 31.7 Å². The van der Waals surface area contributed by atoms with Crippen LogP contribution < -0.4 is 4.74 Å². The normalized spacial score (nSPS) is 11.5. The molecule has 0 saturated carbocycles. The van der Waals surface area contributed by atoms with Crippen molar-refractivity contribution < 1.29 is 9.13 Å². The van der Waals surface area contributed by atoms with E-state index in [0.717, 1.165) is 34.1 Å². The van der Waals surface area contributed by atoms with Crippen molar-refractivity contribution in [2.75, 3.05) is 6.61 Å². The monoisotopic (exact) mass is 374 g/mol. The van der Waals surface area contributed by atoms with Crippen LogP contribution in [0.5, 0.6) is 5.75 Å². The number of hydrogen-bond donors (Lipinski definition) is 0. The number of hydrogen-bond acceptors (Lipinski definition) is 3. The third-order valence-corrected chi connectivity index (χ3v) is 4.27. The Morgan fingerprint density at radius 2 is 1.86 bits per heavy atom. The van der Waals surface area contributed by atoms with Crippen LogP contribution in [-0.4, -0.2) is 22.7 Å². The summed E-state index contributed by atoms with van der Waals surface area (Å²) in [5.74, 6) is 6.98. The second-order valence-corrected chi connectivity index (χ2v) is 6.55. The first-order chi connectivity index (χ1) is 13.7. The van der Waals surface area contributed by atoms with Gasteiger partial charge in [-0.05, 0) is 55.2 Å². The SMILES string of the molecule is C=CCOc1cc(-c2ccc3nccnc3c2)ccc1C#CCCCC(C)F. The maximum absolute atomic E-state index is 12.9. The zero-order valence-corrected chi connectivity index (χ0v) is 16.0. The minimum atomic E-state index is -0.779. The topological polar surface area (TPSA) is 35.0 Å². The maximum atomic E-state index is 12.9. The Labute approximate surface area is 165 Å². The van der Waals surface area contributed by atoms with Crippen molar-refractivity contribution in [1.29, 1.82) is 0 Å². The summed E-state index contributed by atoms with van der Waals surface area (Å²) in [6.45, 7) is 5.69. The summed E-state index contributed by atoms with van der Waals surface area (Å²) in [5, 5.41) is 0. The molecule has 1 atom stereocenters. The molecule has 0 spiro atoms. The number of nitrogens with zero attached hydrogens (tertiary/aromatic N) is 2. The third kappa shape index (κ3) is 5.17. The number of aromatic nitrogens is 2. The van der Waals surface area contributed by atoms with Gasteiger partial charge in [0, 0.05) is 18.8 Å². The Hall–Kier alpha value is -3.19. The van der Waals surface area contributed by atoms with Crippen molar-refractivity contribution in [3.05, 3.63) is 67.0 Å². The molecular formula is C24H23FN2O. The molecule has 28 heavy (non-hydrogen) atoms. The molecule has 3 nitrogen and oxygen atoms in total. The highest BCUT2D eigenvalue weighted by Gasteiger charge is 2.07. The van der Waals surface area contributed by atoms with Crippen LogP contribution in [0.25, 0.3) is 22.2 Å². The van der Waals surface area contributed by atoms with E-state index >= 15 is 0 Å². The van der Waals surface area contributed by atoms with Crippen LogP contribution >= 0.6 is 0 Å². The predicted octanol–water partition coefficient (Wildman–Crippen LogP) is 5.74. The number of benzene rings is 2. The predicted molar refractivity (Wildman–Crippen MR) is 112 cm³/mol. The van der Waals surface area contributed by atoms with E-state index in [2.05, 4.69) is 28.4 Å². The van der Waals surface area contributed by atoms with Crippen molar-refractivity contribution in [2.24, 2.45) is 0 Å². The average molecular weight is 374 g/mol. The second-order valence-electron chi connectivity index (χ2n) is 6.55. The smallest absolute Gasteiger partial charge is 0.136 e. The lowest BCUT2D eigenvalue weighted by atomic mass is 10.0. The lowest BCUT2D eigenvalue weighted by Gasteiger charge is -2.10. The minimum absolute atomic E-state index is 0.403. The molecule has 1 unspecified atom stereocenters. The van der Waals surface area contributed by atoms with Crippen LogP contribution in [0.3, 0.4) is 0 Å². The molecule has 0 amide bonds.